The fourth-order valence-electron chi connectivity index (χ4n) is 5.05. The molecular weight excluding hydrogens is 601 g/mol. The zero-order valence-corrected chi connectivity index (χ0v) is 27.9. The number of nitrogens with zero attached hydrogens (tertiary/aromatic N) is 2. The summed E-state index contributed by atoms with van der Waals surface area (Å²) in [6.07, 6.45) is 0.818. The average Bonchev–Trinajstić information content (AvgIpc) is 3.04. The molecule has 2 amide bonds. The van der Waals surface area contributed by atoms with Crippen LogP contribution >= 0.6 is 0 Å². The molecule has 1 N–H and O–H groups in total. The lowest BCUT2D eigenvalue weighted by Gasteiger charge is -2.34. The molecule has 0 aliphatic rings. The van der Waals surface area contributed by atoms with Crippen molar-refractivity contribution >= 4 is 27.5 Å². The van der Waals surface area contributed by atoms with Crippen molar-refractivity contribution in [3.8, 4) is 0 Å². The van der Waals surface area contributed by atoms with Gasteiger partial charge in [-0.25, -0.2) is 12.8 Å². The van der Waals surface area contributed by atoms with Gasteiger partial charge in [0, 0.05) is 24.6 Å². The highest BCUT2D eigenvalue weighted by molar-refractivity contribution is 7.92. The summed E-state index contributed by atoms with van der Waals surface area (Å²) in [7, 11) is -4.23. The van der Waals surface area contributed by atoms with E-state index in [2.05, 4.69) is 5.32 Å². The Bertz CT molecular complexity index is 1760. The maximum atomic E-state index is 15.1. The highest BCUT2D eigenvalue weighted by atomic mass is 32.2. The number of rotatable bonds is 13. The Balaban J connectivity index is 1.83. The first kappa shape index (κ1) is 34.4. The van der Waals surface area contributed by atoms with E-state index in [0.29, 0.717) is 12.1 Å². The van der Waals surface area contributed by atoms with E-state index >= 15 is 4.39 Å². The minimum absolute atomic E-state index is 0.0279. The monoisotopic (exact) mass is 643 g/mol. The minimum atomic E-state index is -4.23. The molecule has 46 heavy (non-hydrogen) atoms. The molecule has 2 atom stereocenters. The number of nitrogens with one attached hydrogen (secondary N) is 1. The average molecular weight is 644 g/mol. The van der Waals surface area contributed by atoms with Gasteiger partial charge in [-0.15, -0.1) is 0 Å². The Hall–Kier alpha value is -4.50. The molecular formula is C37H42FN3O4S. The summed E-state index contributed by atoms with van der Waals surface area (Å²) < 4.78 is 44.6. The molecule has 0 heterocycles. The Kier molecular flexibility index (Phi) is 11.4. The maximum Gasteiger partial charge on any atom is 0.264 e. The smallest absolute Gasteiger partial charge is 0.264 e. The summed E-state index contributed by atoms with van der Waals surface area (Å²) in [5.41, 5.74) is 4.04. The summed E-state index contributed by atoms with van der Waals surface area (Å²) in [5.74, 6) is -1.57. The normalized spacial score (nSPS) is 12.7. The number of carbonyl (C=O) groups is 2. The van der Waals surface area contributed by atoms with Crippen molar-refractivity contribution in [2.24, 2.45) is 0 Å². The molecule has 4 aromatic rings. The molecule has 0 aromatic heterocycles. The van der Waals surface area contributed by atoms with Gasteiger partial charge < -0.3 is 10.2 Å². The summed E-state index contributed by atoms with van der Waals surface area (Å²) in [6, 6.07) is 25.7. The molecule has 9 heteroatoms. The van der Waals surface area contributed by atoms with Crippen LogP contribution in [0.4, 0.5) is 10.1 Å². The van der Waals surface area contributed by atoms with E-state index in [4.69, 9.17) is 0 Å². The van der Waals surface area contributed by atoms with Crippen molar-refractivity contribution in [1.29, 1.82) is 0 Å². The Morgan fingerprint density at radius 1 is 0.848 bits per heavy atom. The quantitative estimate of drug-likeness (QED) is 0.180. The molecule has 0 fully saturated rings. The van der Waals surface area contributed by atoms with Crippen LogP contribution in [0.3, 0.4) is 0 Å². The largest absolute Gasteiger partial charge is 0.352 e. The first-order valence-corrected chi connectivity index (χ1v) is 16.9. The first-order chi connectivity index (χ1) is 21.9. The standard InChI is InChI=1S/C37H42FN3O4S/c1-6-29(5)39-37(43)35(23-30-12-8-7-9-13-30)40(24-31-14-10-11-15-34(31)38)36(42)25-41(32-19-18-27(3)28(4)22-32)46(44,45)33-20-16-26(2)17-21-33/h7-22,29,35H,6,23-25H2,1-5H3,(H,39,43)/t29-,35-/m0/s1. The summed E-state index contributed by atoms with van der Waals surface area (Å²) in [5, 5.41) is 2.99. The molecule has 0 bridgehead atoms. The van der Waals surface area contributed by atoms with Crippen LogP contribution in [0.2, 0.25) is 0 Å². The van der Waals surface area contributed by atoms with Crippen LogP contribution in [-0.2, 0) is 32.6 Å². The summed E-state index contributed by atoms with van der Waals surface area (Å²) >= 11 is 0. The number of amides is 2. The van der Waals surface area contributed by atoms with Crippen LogP contribution < -0.4 is 9.62 Å². The van der Waals surface area contributed by atoms with Gasteiger partial charge >= 0.3 is 0 Å². The van der Waals surface area contributed by atoms with Crippen molar-refractivity contribution in [1.82, 2.24) is 10.2 Å². The fourth-order valence-corrected chi connectivity index (χ4v) is 6.46. The van der Waals surface area contributed by atoms with Crippen molar-refractivity contribution < 1.29 is 22.4 Å². The molecule has 0 aliphatic heterocycles. The van der Waals surface area contributed by atoms with Gasteiger partial charge in [0.2, 0.25) is 11.8 Å². The second-order valence-electron chi connectivity index (χ2n) is 11.7. The zero-order chi connectivity index (χ0) is 33.4. The third-order valence-electron chi connectivity index (χ3n) is 8.24. The van der Waals surface area contributed by atoms with Gasteiger partial charge in [-0.05, 0) is 81.1 Å². The van der Waals surface area contributed by atoms with Gasteiger partial charge in [0.05, 0.1) is 10.6 Å². The third-order valence-corrected chi connectivity index (χ3v) is 10.0. The second-order valence-corrected chi connectivity index (χ2v) is 13.6. The molecule has 0 radical (unpaired) electrons. The van der Waals surface area contributed by atoms with Crippen LogP contribution in [0.15, 0.2) is 102 Å². The molecule has 0 aliphatic carbocycles. The molecule has 4 aromatic carbocycles. The predicted octanol–water partition coefficient (Wildman–Crippen LogP) is 6.50. The number of anilines is 1. The SMILES string of the molecule is CC[C@H](C)NC(=O)[C@H](Cc1ccccc1)N(Cc1ccccc1F)C(=O)CN(c1ccc(C)c(C)c1)S(=O)(=O)c1ccc(C)cc1. The van der Waals surface area contributed by atoms with Crippen LogP contribution in [0, 0.1) is 26.6 Å². The zero-order valence-electron chi connectivity index (χ0n) is 27.0. The number of hydrogen-bond donors (Lipinski definition) is 1. The molecule has 0 saturated heterocycles. The van der Waals surface area contributed by atoms with Crippen LogP contribution in [0.25, 0.3) is 0 Å². The summed E-state index contributed by atoms with van der Waals surface area (Å²) in [4.78, 5) is 29.8. The van der Waals surface area contributed by atoms with Gasteiger partial charge in [-0.3, -0.25) is 13.9 Å². The highest BCUT2D eigenvalue weighted by Gasteiger charge is 2.35. The summed E-state index contributed by atoms with van der Waals surface area (Å²) in [6.45, 7) is 8.63. The van der Waals surface area contributed by atoms with Gasteiger partial charge in [-0.2, -0.15) is 0 Å². The number of hydrogen-bond acceptors (Lipinski definition) is 4. The lowest BCUT2D eigenvalue weighted by molar-refractivity contribution is -0.140. The first-order valence-electron chi connectivity index (χ1n) is 15.4. The van der Waals surface area contributed by atoms with E-state index in [-0.39, 0.29) is 29.5 Å². The number of carbonyl (C=O) groups excluding carboxylic acids is 2. The van der Waals surface area contributed by atoms with Crippen LogP contribution in [0.5, 0.6) is 0 Å². The predicted molar refractivity (Wildman–Crippen MR) is 180 cm³/mol. The number of aryl methyl sites for hydroxylation is 3. The molecule has 4 rings (SSSR count). The molecule has 242 valence electrons. The van der Waals surface area contributed by atoms with E-state index in [1.807, 2.05) is 71.0 Å². The van der Waals surface area contributed by atoms with Gasteiger partial charge in [0.15, 0.2) is 0 Å². The van der Waals surface area contributed by atoms with E-state index in [0.717, 1.165) is 26.6 Å². The van der Waals surface area contributed by atoms with Crippen molar-refractivity contribution in [2.75, 3.05) is 10.8 Å². The van der Waals surface area contributed by atoms with Crippen molar-refractivity contribution in [3.05, 3.63) is 131 Å². The third kappa shape index (κ3) is 8.40. The van der Waals surface area contributed by atoms with E-state index in [1.54, 1.807) is 42.5 Å². The number of sulfonamides is 1. The van der Waals surface area contributed by atoms with Gasteiger partial charge in [-0.1, -0.05) is 79.2 Å². The lowest BCUT2D eigenvalue weighted by atomic mass is 10.0. The Morgan fingerprint density at radius 2 is 1.50 bits per heavy atom. The van der Waals surface area contributed by atoms with Gasteiger partial charge in [0.25, 0.3) is 10.0 Å². The van der Waals surface area contributed by atoms with Crippen molar-refractivity contribution in [3.63, 3.8) is 0 Å². The van der Waals surface area contributed by atoms with E-state index < -0.39 is 40.2 Å². The van der Waals surface area contributed by atoms with Gasteiger partial charge in [0.1, 0.15) is 18.4 Å². The molecule has 0 spiro atoms. The number of benzene rings is 4. The molecule has 7 nitrogen and oxygen atoms in total. The Morgan fingerprint density at radius 3 is 2.13 bits per heavy atom. The molecule has 0 saturated carbocycles. The molecule has 0 unspecified atom stereocenters. The highest BCUT2D eigenvalue weighted by Crippen LogP contribution is 2.27. The Labute approximate surface area is 272 Å². The lowest BCUT2D eigenvalue weighted by Crippen LogP contribution is -2.54. The van der Waals surface area contributed by atoms with Crippen molar-refractivity contribution in [2.45, 2.75) is 71.0 Å². The van der Waals surface area contributed by atoms with Crippen LogP contribution in [-0.4, -0.2) is 43.8 Å². The number of halogens is 1. The van der Waals surface area contributed by atoms with E-state index in [9.17, 15) is 18.0 Å². The fraction of sp³-hybridized carbons (Fsp3) is 0.297. The van der Waals surface area contributed by atoms with E-state index in [1.165, 1.54) is 23.1 Å². The topological polar surface area (TPSA) is 86.8 Å². The van der Waals surface area contributed by atoms with Crippen LogP contribution in [0.1, 0.15) is 48.1 Å². The minimum Gasteiger partial charge on any atom is -0.352 e. The maximum absolute atomic E-state index is 15.1. The second kappa shape index (κ2) is 15.2.